The van der Waals surface area contributed by atoms with Gasteiger partial charge in [-0.15, -0.1) is 11.3 Å². The van der Waals surface area contributed by atoms with Crippen LogP contribution >= 0.6 is 11.3 Å². The molecule has 27 heavy (non-hydrogen) atoms. The zero-order valence-electron chi connectivity index (χ0n) is 16.1. The molecular weight excluding hydrogens is 356 g/mol. The van der Waals surface area contributed by atoms with Gasteiger partial charge in [-0.3, -0.25) is 9.69 Å². The molecule has 0 saturated carbocycles. The summed E-state index contributed by atoms with van der Waals surface area (Å²) in [6.45, 7) is 6.60. The van der Waals surface area contributed by atoms with Gasteiger partial charge in [0, 0.05) is 31.4 Å². The molecule has 0 aliphatic carbocycles. The van der Waals surface area contributed by atoms with Crippen molar-refractivity contribution in [3.8, 4) is 16.3 Å². The molecule has 0 aliphatic heterocycles. The molecule has 0 bridgehead atoms. The summed E-state index contributed by atoms with van der Waals surface area (Å²) >= 11 is 1.68. The Kier molecular flexibility index (Phi) is 6.42. The molecule has 0 radical (unpaired) electrons. The number of thiophene rings is 1. The van der Waals surface area contributed by atoms with Gasteiger partial charge in [-0.1, -0.05) is 24.3 Å². The first-order valence-electron chi connectivity index (χ1n) is 9.26. The Hall–Kier alpha value is -2.44. The summed E-state index contributed by atoms with van der Waals surface area (Å²) in [5, 5.41) is 6.89. The number of carbonyl (C=O) groups excluding carboxylic acids is 1. The SMILES string of the molecule is CCN(CC)C(=O)CN(C)Cc1cn(-c2ccccc2)nc1-c1cccs1. The van der Waals surface area contributed by atoms with Gasteiger partial charge < -0.3 is 4.90 Å². The fraction of sp³-hybridized carbons (Fsp3) is 0.333. The van der Waals surface area contributed by atoms with Gasteiger partial charge in [0.2, 0.25) is 5.91 Å². The van der Waals surface area contributed by atoms with E-state index in [1.165, 1.54) is 0 Å². The zero-order valence-corrected chi connectivity index (χ0v) is 16.9. The number of nitrogens with zero attached hydrogens (tertiary/aromatic N) is 4. The second-order valence-electron chi connectivity index (χ2n) is 6.50. The van der Waals surface area contributed by atoms with E-state index in [4.69, 9.17) is 5.10 Å². The summed E-state index contributed by atoms with van der Waals surface area (Å²) in [7, 11) is 1.99. The highest BCUT2D eigenvalue weighted by Crippen LogP contribution is 2.28. The third-order valence-electron chi connectivity index (χ3n) is 4.53. The van der Waals surface area contributed by atoms with Crippen molar-refractivity contribution >= 4 is 17.2 Å². The Labute approximate surface area is 164 Å². The Morgan fingerprint density at radius 2 is 1.85 bits per heavy atom. The van der Waals surface area contributed by atoms with E-state index >= 15 is 0 Å². The lowest BCUT2D eigenvalue weighted by Crippen LogP contribution is -2.38. The normalized spacial score (nSPS) is 11.1. The van der Waals surface area contributed by atoms with Crippen molar-refractivity contribution in [2.45, 2.75) is 20.4 Å². The van der Waals surface area contributed by atoms with Gasteiger partial charge in [-0.2, -0.15) is 5.10 Å². The first-order valence-corrected chi connectivity index (χ1v) is 10.1. The molecule has 1 amide bonds. The average Bonchev–Trinajstić information content (AvgIpc) is 3.33. The maximum Gasteiger partial charge on any atom is 0.236 e. The van der Waals surface area contributed by atoms with Crippen LogP contribution in [0, 0.1) is 0 Å². The average molecular weight is 383 g/mol. The molecule has 1 aromatic carbocycles. The van der Waals surface area contributed by atoms with E-state index in [1.54, 1.807) is 11.3 Å². The summed E-state index contributed by atoms with van der Waals surface area (Å²) in [5.74, 6) is 0.163. The molecule has 142 valence electrons. The number of carbonyl (C=O) groups is 1. The predicted octanol–water partition coefficient (Wildman–Crippen LogP) is 3.90. The molecule has 0 unspecified atom stereocenters. The smallest absolute Gasteiger partial charge is 0.236 e. The van der Waals surface area contributed by atoms with Gasteiger partial charge in [0.05, 0.1) is 17.1 Å². The van der Waals surface area contributed by atoms with Crippen LogP contribution in [0.15, 0.2) is 54.0 Å². The summed E-state index contributed by atoms with van der Waals surface area (Å²) in [6, 6.07) is 14.2. The fourth-order valence-corrected chi connectivity index (χ4v) is 3.86. The highest BCUT2D eigenvalue weighted by atomic mass is 32.1. The standard InChI is InChI=1S/C21H26N4OS/c1-4-24(5-2)20(26)16-23(3)14-17-15-25(18-10-7-6-8-11-18)22-21(17)19-12-9-13-27-19/h6-13,15H,4-5,14,16H2,1-3H3. The highest BCUT2D eigenvalue weighted by Gasteiger charge is 2.17. The number of para-hydroxylation sites is 1. The van der Waals surface area contributed by atoms with Crippen LogP contribution in [0.4, 0.5) is 0 Å². The zero-order chi connectivity index (χ0) is 19.2. The maximum absolute atomic E-state index is 12.4. The van der Waals surface area contributed by atoms with Crippen LogP contribution in [0.5, 0.6) is 0 Å². The minimum absolute atomic E-state index is 0.163. The Bertz CT molecular complexity index is 854. The Balaban J connectivity index is 1.83. The van der Waals surface area contributed by atoms with E-state index in [1.807, 2.05) is 66.9 Å². The van der Waals surface area contributed by atoms with Gasteiger partial charge in [0.25, 0.3) is 0 Å². The third kappa shape index (κ3) is 4.64. The van der Waals surface area contributed by atoms with E-state index in [-0.39, 0.29) is 5.91 Å². The molecule has 0 atom stereocenters. The fourth-order valence-electron chi connectivity index (χ4n) is 3.11. The second-order valence-corrected chi connectivity index (χ2v) is 7.45. The first-order chi connectivity index (χ1) is 13.1. The predicted molar refractivity (Wildman–Crippen MR) is 111 cm³/mol. The van der Waals surface area contributed by atoms with Gasteiger partial charge in [0.1, 0.15) is 5.69 Å². The van der Waals surface area contributed by atoms with Crippen molar-refractivity contribution in [2.24, 2.45) is 0 Å². The second kappa shape index (κ2) is 8.97. The van der Waals surface area contributed by atoms with E-state index in [0.29, 0.717) is 13.1 Å². The van der Waals surface area contributed by atoms with Crippen LogP contribution < -0.4 is 0 Å². The summed E-state index contributed by atoms with van der Waals surface area (Å²) in [6.07, 6.45) is 2.07. The van der Waals surface area contributed by atoms with Crippen molar-refractivity contribution in [3.63, 3.8) is 0 Å². The van der Waals surface area contributed by atoms with Crippen LogP contribution in [0.25, 0.3) is 16.3 Å². The number of hydrogen-bond acceptors (Lipinski definition) is 4. The molecule has 0 spiro atoms. The van der Waals surface area contributed by atoms with Crippen LogP contribution in [-0.2, 0) is 11.3 Å². The number of rotatable bonds is 8. The molecule has 6 heteroatoms. The number of likely N-dealkylation sites (N-methyl/N-ethyl adjacent to an activating group) is 2. The lowest BCUT2D eigenvalue weighted by molar-refractivity contribution is -0.131. The van der Waals surface area contributed by atoms with E-state index in [9.17, 15) is 4.79 Å². The monoisotopic (exact) mass is 382 g/mol. The van der Waals surface area contributed by atoms with Crippen molar-refractivity contribution in [2.75, 3.05) is 26.7 Å². The van der Waals surface area contributed by atoms with Crippen molar-refractivity contribution in [1.29, 1.82) is 0 Å². The lowest BCUT2D eigenvalue weighted by Gasteiger charge is -2.22. The van der Waals surface area contributed by atoms with Crippen molar-refractivity contribution < 1.29 is 4.79 Å². The molecular formula is C21H26N4OS. The van der Waals surface area contributed by atoms with Gasteiger partial charge in [-0.05, 0) is 44.5 Å². The van der Waals surface area contributed by atoms with Gasteiger partial charge in [0.15, 0.2) is 0 Å². The number of benzene rings is 1. The highest BCUT2D eigenvalue weighted by molar-refractivity contribution is 7.13. The molecule has 0 aliphatic rings. The lowest BCUT2D eigenvalue weighted by atomic mass is 10.2. The van der Waals surface area contributed by atoms with Gasteiger partial charge >= 0.3 is 0 Å². The first kappa shape index (κ1) is 19.3. The molecule has 0 N–H and O–H groups in total. The van der Waals surface area contributed by atoms with Gasteiger partial charge in [-0.25, -0.2) is 4.68 Å². The molecule has 2 aromatic heterocycles. The van der Waals surface area contributed by atoms with E-state index in [0.717, 1.165) is 34.9 Å². The quantitative estimate of drug-likeness (QED) is 0.593. The van der Waals surface area contributed by atoms with E-state index in [2.05, 4.69) is 22.5 Å². The summed E-state index contributed by atoms with van der Waals surface area (Å²) in [4.78, 5) is 17.5. The van der Waals surface area contributed by atoms with Crippen molar-refractivity contribution in [1.82, 2.24) is 19.6 Å². The molecule has 0 fully saturated rings. The molecule has 5 nitrogen and oxygen atoms in total. The Morgan fingerprint density at radius 1 is 1.11 bits per heavy atom. The number of amides is 1. The van der Waals surface area contributed by atoms with Crippen LogP contribution in [0.3, 0.4) is 0 Å². The number of aromatic nitrogens is 2. The molecule has 2 heterocycles. The molecule has 3 aromatic rings. The third-order valence-corrected chi connectivity index (χ3v) is 5.40. The molecule has 3 rings (SSSR count). The largest absolute Gasteiger partial charge is 0.342 e. The van der Waals surface area contributed by atoms with Crippen molar-refractivity contribution in [3.05, 3.63) is 59.6 Å². The minimum Gasteiger partial charge on any atom is -0.342 e. The molecule has 0 saturated heterocycles. The Morgan fingerprint density at radius 3 is 2.48 bits per heavy atom. The van der Waals surface area contributed by atoms with E-state index < -0.39 is 0 Å². The topological polar surface area (TPSA) is 41.4 Å². The number of hydrogen-bond donors (Lipinski definition) is 0. The van der Waals surface area contributed by atoms with Crippen LogP contribution in [-0.4, -0.2) is 52.2 Å². The van der Waals surface area contributed by atoms with Crippen LogP contribution in [0.2, 0.25) is 0 Å². The summed E-state index contributed by atoms with van der Waals surface area (Å²) in [5.41, 5.74) is 3.13. The van der Waals surface area contributed by atoms with Crippen LogP contribution in [0.1, 0.15) is 19.4 Å². The maximum atomic E-state index is 12.4. The summed E-state index contributed by atoms with van der Waals surface area (Å²) < 4.78 is 1.92. The minimum atomic E-state index is 0.163.